The molecule has 230 valence electrons. The molecule has 1 aliphatic rings. The lowest BCUT2D eigenvalue weighted by Gasteiger charge is -2.20. The van der Waals surface area contributed by atoms with Crippen molar-refractivity contribution >= 4 is 12.0 Å². The van der Waals surface area contributed by atoms with Crippen LogP contribution < -0.4 is 10.6 Å². The third-order valence-corrected chi connectivity index (χ3v) is 7.18. The first-order valence-corrected chi connectivity index (χ1v) is 14.4. The van der Waals surface area contributed by atoms with Crippen LogP contribution in [-0.4, -0.2) is 32.4 Å². The first kappa shape index (κ1) is 30.8. The van der Waals surface area contributed by atoms with Gasteiger partial charge in [-0.1, -0.05) is 30.3 Å². The van der Waals surface area contributed by atoms with Gasteiger partial charge >= 0.3 is 12.3 Å². The maximum atomic E-state index is 13.6. The predicted molar refractivity (Wildman–Crippen MR) is 159 cm³/mol. The molecule has 0 bridgehead atoms. The maximum absolute atomic E-state index is 13.6. The second kappa shape index (κ2) is 12.1. The molecule has 1 atom stereocenters. The lowest BCUT2D eigenvalue weighted by atomic mass is 9.95. The number of carbonyl (C=O) groups is 2. The Morgan fingerprint density at radius 2 is 1.75 bits per heavy atom. The van der Waals surface area contributed by atoms with E-state index in [0.29, 0.717) is 33.9 Å². The van der Waals surface area contributed by atoms with Crippen molar-refractivity contribution in [2.24, 2.45) is 0 Å². The van der Waals surface area contributed by atoms with Gasteiger partial charge in [0.05, 0.1) is 34.7 Å². The molecule has 11 heteroatoms. The van der Waals surface area contributed by atoms with Crippen molar-refractivity contribution in [2.75, 3.05) is 0 Å². The Bertz CT molecular complexity index is 1650. The first-order chi connectivity index (χ1) is 20.8. The van der Waals surface area contributed by atoms with Gasteiger partial charge < -0.3 is 15.4 Å². The van der Waals surface area contributed by atoms with Crippen LogP contribution in [0.2, 0.25) is 0 Å². The number of pyridine rings is 1. The van der Waals surface area contributed by atoms with Gasteiger partial charge in [0.25, 0.3) is 5.91 Å². The Morgan fingerprint density at radius 3 is 2.41 bits per heavy atom. The quantitative estimate of drug-likeness (QED) is 0.219. The van der Waals surface area contributed by atoms with Crippen LogP contribution in [0.3, 0.4) is 0 Å². The SMILES string of the molecule is C[C@@H](NC(=O)c1cncc(-n2ccc(C3CC3)n2)c1)c1ccc(-c2cc(C(F)(F)F)ccc2CNC(=O)OC(C)(C)C)cc1. The van der Waals surface area contributed by atoms with Crippen LogP contribution in [0.15, 0.2) is 73.2 Å². The lowest BCUT2D eigenvalue weighted by molar-refractivity contribution is -0.137. The maximum Gasteiger partial charge on any atom is 0.416 e. The van der Waals surface area contributed by atoms with Crippen LogP contribution in [0.25, 0.3) is 16.8 Å². The Labute approximate surface area is 253 Å². The van der Waals surface area contributed by atoms with Crippen LogP contribution in [0.4, 0.5) is 18.0 Å². The fraction of sp³-hybridized carbons (Fsp3) is 0.333. The summed E-state index contributed by atoms with van der Waals surface area (Å²) in [6, 6.07) is 13.6. The summed E-state index contributed by atoms with van der Waals surface area (Å²) in [5.74, 6) is 0.191. The number of nitrogens with one attached hydrogen (secondary N) is 2. The second-order valence-corrected chi connectivity index (χ2v) is 11.9. The summed E-state index contributed by atoms with van der Waals surface area (Å²) in [6.45, 7) is 6.96. The largest absolute Gasteiger partial charge is 0.444 e. The Kier molecular flexibility index (Phi) is 8.49. The molecule has 2 aromatic heterocycles. The molecule has 8 nitrogen and oxygen atoms in total. The van der Waals surface area contributed by atoms with Crippen LogP contribution >= 0.6 is 0 Å². The van der Waals surface area contributed by atoms with E-state index in [2.05, 4.69) is 20.7 Å². The van der Waals surface area contributed by atoms with Gasteiger partial charge in [-0.3, -0.25) is 9.78 Å². The zero-order chi connectivity index (χ0) is 31.6. The zero-order valence-corrected chi connectivity index (χ0v) is 24.9. The van der Waals surface area contributed by atoms with Crippen LogP contribution in [0, 0.1) is 0 Å². The molecule has 4 aromatic rings. The smallest absolute Gasteiger partial charge is 0.416 e. The number of hydrogen-bond donors (Lipinski definition) is 2. The van der Waals surface area contributed by atoms with Gasteiger partial charge in [0.15, 0.2) is 0 Å². The third kappa shape index (κ3) is 7.64. The van der Waals surface area contributed by atoms with Gasteiger partial charge in [0.2, 0.25) is 0 Å². The van der Waals surface area contributed by atoms with E-state index in [0.717, 1.165) is 36.2 Å². The highest BCUT2D eigenvalue weighted by molar-refractivity contribution is 5.94. The minimum absolute atomic E-state index is 0.0237. The normalized spacial score (nSPS) is 14.2. The van der Waals surface area contributed by atoms with Crippen LogP contribution in [0.5, 0.6) is 0 Å². The average molecular weight is 606 g/mol. The second-order valence-electron chi connectivity index (χ2n) is 11.9. The molecule has 0 saturated heterocycles. The molecule has 0 spiro atoms. The summed E-state index contributed by atoms with van der Waals surface area (Å²) in [6.07, 6.45) is 2.07. The summed E-state index contributed by atoms with van der Waals surface area (Å²) in [7, 11) is 0. The molecule has 2 N–H and O–H groups in total. The molecule has 1 fully saturated rings. The Hall–Kier alpha value is -4.67. The molecule has 2 aromatic carbocycles. The minimum Gasteiger partial charge on any atom is -0.444 e. The molecule has 2 heterocycles. The lowest BCUT2D eigenvalue weighted by Crippen LogP contribution is -2.32. The molecular weight excluding hydrogens is 571 g/mol. The van der Waals surface area contributed by atoms with Crippen LogP contribution in [0.1, 0.15) is 85.2 Å². The third-order valence-electron chi connectivity index (χ3n) is 7.18. The van der Waals surface area contributed by atoms with Gasteiger partial charge in [0, 0.05) is 24.9 Å². The molecule has 44 heavy (non-hydrogen) atoms. The number of aromatic nitrogens is 3. The fourth-order valence-electron chi connectivity index (χ4n) is 4.73. The summed E-state index contributed by atoms with van der Waals surface area (Å²) < 4.78 is 47.7. The molecule has 2 amide bonds. The molecule has 0 radical (unpaired) electrons. The number of halogens is 3. The molecular formula is C33H34F3N5O3. The van der Waals surface area contributed by atoms with Gasteiger partial charge in [-0.25, -0.2) is 9.48 Å². The summed E-state index contributed by atoms with van der Waals surface area (Å²) in [5, 5.41) is 10.2. The number of amides is 2. The first-order valence-electron chi connectivity index (χ1n) is 14.4. The topological polar surface area (TPSA) is 98.1 Å². The van der Waals surface area contributed by atoms with Crippen molar-refractivity contribution in [3.63, 3.8) is 0 Å². The number of alkyl halides is 3. The van der Waals surface area contributed by atoms with E-state index in [4.69, 9.17) is 4.74 Å². The minimum atomic E-state index is -4.53. The van der Waals surface area contributed by atoms with E-state index < -0.39 is 29.5 Å². The fourth-order valence-corrected chi connectivity index (χ4v) is 4.73. The monoisotopic (exact) mass is 605 g/mol. The number of ether oxygens (including phenoxy) is 1. The van der Waals surface area contributed by atoms with Gasteiger partial charge in [-0.2, -0.15) is 18.3 Å². The zero-order valence-electron chi connectivity index (χ0n) is 24.9. The van der Waals surface area contributed by atoms with E-state index in [1.165, 1.54) is 12.3 Å². The molecule has 1 aliphatic carbocycles. The highest BCUT2D eigenvalue weighted by Crippen LogP contribution is 2.39. The summed E-state index contributed by atoms with van der Waals surface area (Å²) in [5.41, 5.74) is 2.68. The van der Waals surface area contributed by atoms with Gasteiger partial charge in [0.1, 0.15) is 5.60 Å². The number of alkyl carbamates (subject to hydrolysis) is 1. The number of rotatable bonds is 8. The molecule has 0 aliphatic heterocycles. The van der Waals surface area contributed by atoms with Gasteiger partial charge in [-0.05, 0) is 87.1 Å². The van der Waals surface area contributed by atoms with E-state index in [1.807, 2.05) is 19.2 Å². The van der Waals surface area contributed by atoms with Crippen molar-refractivity contribution in [2.45, 2.75) is 70.8 Å². The molecule has 0 unspecified atom stereocenters. The Morgan fingerprint density at radius 1 is 1.02 bits per heavy atom. The van der Waals surface area contributed by atoms with Crippen molar-refractivity contribution < 1.29 is 27.5 Å². The van der Waals surface area contributed by atoms with Gasteiger partial charge in [-0.15, -0.1) is 0 Å². The molecule has 1 saturated carbocycles. The number of benzene rings is 2. The highest BCUT2D eigenvalue weighted by Gasteiger charge is 2.31. The Balaban J connectivity index is 1.30. The number of nitrogens with zero attached hydrogens (tertiary/aromatic N) is 3. The van der Waals surface area contributed by atoms with Crippen molar-refractivity contribution in [1.82, 2.24) is 25.4 Å². The standard InChI is InChI=1S/C33H34F3N5O3/c1-20(39-30(42)25-15-27(19-37-17-25)41-14-13-29(40-41)23-9-10-23)21-5-7-22(8-6-21)28-16-26(33(34,35)36)12-11-24(28)18-38-31(43)44-32(2,3)4/h5-8,11-17,19-20,23H,9-10,18H2,1-4H3,(H,38,43)(H,39,42)/t20-/m1/s1. The van der Waals surface area contributed by atoms with Crippen molar-refractivity contribution in [3.05, 3.63) is 101 Å². The van der Waals surface area contributed by atoms with Crippen LogP contribution in [-0.2, 0) is 17.5 Å². The van der Waals surface area contributed by atoms with Crippen molar-refractivity contribution in [3.8, 4) is 16.8 Å². The van der Waals surface area contributed by atoms with E-state index in [1.54, 1.807) is 62.0 Å². The van der Waals surface area contributed by atoms with Crippen molar-refractivity contribution in [1.29, 1.82) is 0 Å². The highest BCUT2D eigenvalue weighted by atomic mass is 19.4. The number of hydrogen-bond acceptors (Lipinski definition) is 5. The number of carbonyl (C=O) groups excluding carboxylic acids is 2. The average Bonchev–Trinajstić information content (AvgIpc) is 3.70. The predicted octanol–water partition coefficient (Wildman–Crippen LogP) is 7.35. The van der Waals surface area contributed by atoms with E-state index >= 15 is 0 Å². The molecule has 5 rings (SSSR count). The summed E-state index contributed by atoms with van der Waals surface area (Å²) in [4.78, 5) is 29.5. The summed E-state index contributed by atoms with van der Waals surface area (Å²) >= 11 is 0. The van der Waals surface area contributed by atoms with E-state index in [-0.39, 0.29) is 12.5 Å². The van der Waals surface area contributed by atoms with E-state index in [9.17, 15) is 22.8 Å².